The lowest BCUT2D eigenvalue weighted by atomic mass is 9.99. The van der Waals surface area contributed by atoms with Gasteiger partial charge in [0.05, 0.1) is 10.2 Å². The van der Waals surface area contributed by atoms with Crippen LogP contribution in [0, 0.1) is 5.92 Å². The van der Waals surface area contributed by atoms with Crippen molar-refractivity contribution in [3.05, 3.63) is 23.1 Å². The Morgan fingerprint density at radius 3 is 2.68 bits per heavy atom. The SMILES string of the molecule is CCN(CC)CCNc1ncnc2c1sc1nc(CC(C)C)c3c(c12)CCC3. The number of anilines is 1. The zero-order valence-electron chi connectivity index (χ0n) is 17.5. The van der Waals surface area contributed by atoms with Gasteiger partial charge in [-0.25, -0.2) is 15.0 Å². The van der Waals surface area contributed by atoms with Gasteiger partial charge < -0.3 is 10.2 Å². The molecule has 3 aromatic heterocycles. The number of fused-ring (bicyclic) bond motifs is 5. The first-order valence-electron chi connectivity index (χ1n) is 10.7. The highest BCUT2D eigenvalue weighted by molar-refractivity contribution is 7.26. The molecule has 150 valence electrons. The molecule has 0 bridgehead atoms. The number of aryl methyl sites for hydroxylation is 1. The predicted octanol–water partition coefficient (Wildman–Crippen LogP) is 4.68. The van der Waals surface area contributed by atoms with Crippen LogP contribution in [-0.2, 0) is 19.3 Å². The fourth-order valence-corrected chi connectivity index (χ4v) is 5.47. The summed E-state index contributed by atoms with van der Waals surface area (Å²) >= 11 is 1.75. The highest BCUT2D eigenvalue weighted by Crippen LogP contribution is 2.41. The van der Waals surface area contributed by atoms with Crippen molar-refractivity contribution >= 4 is 37.6 Å². The van der Waals surface area contributed by atoms with E-state index in [2.05, 4.69) is 47.9 Å². The lowest BCUT2D eigenvalue weighted by Crippen LogP contribution is -2.28. The number of thiophene rings is 1. The summed E-state index contributed by atoms with van der Waals surface area (Å²) in [6, 6.07) is 0. The van der Waals surface area contributed by atoms with Gasteiger partial charge in [-0.2, -0.15) is 0 Å². The van der Waals surface area contributed by atoms with Gasteiger partial charge in [0.15, 0.2) is 0 Å². The molecule has 0 amide bonds. The Kier molecular flexibility index (Phi) is 5.78. The van der Waals surface area contributed by atoms with E-state index in [9.17, 15) is 0 Å². The summed E-state index contributed by atoms with van der Waals surface area (Å²) in [5, 5.41) is 4.84. The molecule has 1 N–H and O–H groups in total. The maximum atomic E-state index is 5.12. The molecule has 0 saturated carbocycles. The summed E-state index contributed by atoms with van der Waals surface area (Å²) in [5.74, 6) is 1.58. The van der Waals surface area contributed by atoms with Gasteiger partial charge in [0.1, 0.15) is 17.0 Å². The average Bonchev–Trinajstić information content (AvgIpc) is 3.29. The molecule has 0 unspecified atom stereocenters. The molecule has 4 rings (SSSR count). The van der Waals surface area contributed by atoms with Crippen molar-refractivity contribution in [3.63, 3.8) is 0 Å². The minimum atomic E-state index is 0.626. The first kappa shape index (κ1) is 19.5. The molecule has 0 radical (unpaired) electrons. The normalized spacial score (nSPS) is 13.9. The van der Waals surface area contributed by atoms with Gasteiger partial charge in [-0.15, -0.1) is 11.3 Å². The Labute approximate surface area is 171 Å². The zero-order valence-corrected chi connectivity index (χ0v) is 18.3. The quantitative estimate of drug-likeness (QED) is 0.598. The molecule has 1 aliphatic rings. The largest absolute Gasteiger partial charge is 0.367 e. The molecule has 0 aliphatic heterocycles. The summed E-state index contributed by atoms with van der Waals surface area (Å²) in [4.78, 5) is 17.9. The van der Waals surface area contributed by atoms with E-state index in [1.807, 2.05) is 0 Å². The van der Waals surface area contributed by atoms with E-state index >= 15 is 0 Å². The second-order valence-electron chi connectivity index (χ2n) is 8.10. The van der Waals surface area contributed by atoms with E-state index in [4.69, 9.17) is 4.98 Å². The zero-order chi connectivity index (χ0) is 19.7. The van der Waals surface area contributed by atoms with Crippen LogP contribution < -0.4 is 5.32 Å². The summed E-state index contributed by atoms with van der Waals surface area (Å²) in [6.45, 7) is 13.0. The third kappa shape index (κ3) is 3.60. The van der Waals surface area contributed by atoms with Crippen molar-refractivity contribution in [1.29, 1.82) is 0 Å². The maximum absolute atomic E-state index is 5.12. The number of likely N-dealkylation sites (N-methyl/N-ethyl adjacent to an activating group) is 1. The van der Waals surface area contributed by atoms with Gasteiger partial charge in [-0.3, -0.25) is 0 Å². The van der Waals surface area contributed by atoms with Crippen molar-refractivity contribution in [2.45, 2.75) is 53.4 Å². The molecule has 6 heteroatoms. The molecule has 3 aromatic rings. The number of hydrogen-bond donors (Lipinski definition) is 1. The van der Waals surface area contributed by atoms with Crippen molar-refractivity contribution in [3.8, 4) is 0 Å². The van der Waals surface area contributed by atoms with Gasteiger partial charge in [-0.1, -0.05) is 27.7 Å². The summed E-state index contributed by atoms with van der Waals surface area (Å²) in [7, 11) is 0. The van der Waals surface area contributed by atoms with E-state index in [1.54, 1.807) is 17.7 Å². The van der Waals surface area contributed by atoms with E-state index < -0.39 is 0 Å². The summed E-state index contributed by atoms with van der Waals surface area (Å²) < 4.78 is 1.15. The third-order valence-electron chi connectivity index (χ3n) is 5.77. The van der Waals surface area contributed by atoms with Crippen LogP contribution in [0.4, 0.5) is 5.82 Å². The molecule has 0 fully saturated rings. The Balaban J connectivity index is 1.74. The lowest BCUT2D eigenvalue weighted by Gasteiger charge is -2.18. The fraction of sp³-hybridized carbons (Fsp3) is 0.591. The highest BCUT2D eigenvalue weighted by Gasteiger charge is 2.24. The monoisotopic (exact) mass is 397 g/mol. The Hall–Kier alpha value is -1.79. The molecule has 28 heavy (non-hydrogen) atoms. The molecule has 0 spiro atoms. The molecule has 5 nitrogen and oxygen atoms in total. The molecule has 3 heterocycles. The molecule has 1 aliphatic carbocycles. The fourth-order valence-electron chi connectivity index (χ4n) is 4.33. The Morgan fingerprint density at radius 1 is 1.14 bits per heavy atom. The second-order valence-corrected chi connectivity index (χ2v) is 9.10. The molecular weight excluding hydrogens is 366 g/mol. The van der Waals surface area contributed by atoms with Gasteiger partial charge in [0.2, 0.25) is 0 Å². The summed E-state index contributed by atoms with van der Waals surface area (Å²) in [5.41, 5.74) is 5.39. The standard InChI is InChI=1S/C22H31N5S/c1-5-27(6-2)11-10-23-21-20-19(24-13-25-21)18-16-9-7-8-15(16)17(12-14(3)4)26-22(18)28-20/h13-14H,5-12H2,1-4H3,(H,23,24,25). The lowest BCUT2D eigenvalue weighted by molar-refractivity contribution is 0.316. The number of nitrogens with zero attached hydrogens (tertiary/aromatic N) is 4. The first-order valence-corrected chi connectivity index (χ1v) is 11.5. The van der Waals surface area contributed by atoms with Crippen LogP contribution in [-0.4, -0.2) is 46.0 Å². The minimum Gasteiger partial charge on any atom is -0.367 e. The van der Waals surface area contributed by atoms with Gasteiger partial charge in [-0.05, 0) is 55.8 Å². The topological polar surface area (TPSA) is 53.9 Å². The molecule has 0 atom stereocenters. The second kappa shape index (κ2) is 8.29. The van der Waals surface area contributed by atoms with Crippen LogP contribution in [0.15, 0.2) is 6.33 Å². The smallest absolute Gasteiger partial charge is 0.147 e. The van der Waals surface area contributed by atoms with Crippen LogP contribution in [0.5, 0.6) is 0 Å². The minimum absolute atomic E-state index is 0.626. The van der Waals surface area contributed by atoms with Crippen molar-refractivity contribution in [1.82, 2.24) is 19.9 Å². The number of aromatic nitrogens is 3. The van der Waals surface area contributed by atoms with Crippen LogP contribution in [0.1, 0.15) is 50.9 Å². The molecule has 0 aromatic carbocycles. The van der Waals surface area contributed by atoms with Crippen molar-refractivity contribution in [2.75, 3.05) is 31.5 Å². The Bertz CT molecular complexity index is 974. The number of nitrogens with one attached hydrogen (secondary N) is 1. The van der Waals surface area contributed by atoms with E-state index in [1.165, 1.54) is 28.6 Å². The first-order chi connectivity index (χ1) is 13.6. The van der Waals surface area contributed by atoms with Gasteiger partial charge in [0.25, 0.3) is 0 Å². The van der Waals surface area contributed by atoms with E-state index in [-0.39, 0.29) is 0 Å². The van der Waals surface area contributed by atoms with E-state index in [0.29, 0.717) is 5.92 Å². The average molecular weight is 398 g/mol. The van der Waals surface area contributed by atoms with Gasteiger partial charge in [0, 0.05) is 24.2 Å². The van der Waals surface area contributed by atoms with Crippen LogP contribution >= 0.6 is 11.3 Å². The van der Waals surface area contributed by atoms with Crippen LogP contribution in [0.25, 0.3) is 20.4 Å². The molecular formula is C22H31N5S. The summed E-state index contributed by atoms with van der Waals surface area (Å²) in [6.07, 6.45) is 6.32. The maximum Gasteiger partial charge on any atom is 0.147 e. The number of rotatable bonds is 8. The Morgan fingerprint density at radius 2 is 1.93 bits per heavy atom. The van der Waals surface area contributed by atoms with Crippen molar-refractivity contribution < 1.29 is 0 Å². The predicted molar refractivity (Wildman–Crippen MR) is 120 cm³/mol. The van der Waals surface area contributed by atoms with Crippen molar-refractivity contribution in [2.24, 2.45) is 5.92 Å². The van der Waals surface area contributed by atoms with Crippen LogP contribution in [0.2, 0.25) is 0 Å². The number of pyridine rings is 1. The van der Waals surface area contributed by atoms with Crippen LogP contribution in [0.3, 0.4) is 0 Å². The van der Waals surface area contributed by atoms with Gasteiger partial charge >= 0.3 is 0 Å². The number of hydrogen-bond acceptors (Lipinski definition) is 6. The van der Waals surface area contributed by atoms with E-state index in [0.717, 1.165) is 66.3 Å². The molecule has 0 saturated heterocycles. The third-order valence-corrected chi connectivity index (χ3v) is 6.85. The highest BCUT2D eigenvalue weighted by atomic mass is 32.1.